The second kappa shape index (κ2) is 9.81. The second-order valence-electron chi connectivity index (χ2n) is 7.95. The summed E-state index contributed by atoms with van der Waals surface area (Å²) in [6.07, 6.45) is 11.3. The van der Waals surface area contributed by atoms with Gasteiger partial charge in [-0.15, -0.1) is 0 Å². The van der Waals surface area contributed by atoms with E-state index in [1.807, 2.05) is 24.3 Å². The van der Waals surface area contributed by atoms with Crippen molar-refractivity contribution in [3.05, 3.63) is 42.0 Å². The molecule has 2 rings (SSSR count). The lowest BCUT2D eigenvalue weighted by molar-refractivity contribution is 0.0601. The first-order chi connectivity index (χ1) is 12.0. The van der Waals surface area contributed by atoms with E-state index in [1.54, 1.807) is 0 Å². The van der Waals surface area contributed by atoms with E-state index < -0.39 is 8.07 Å². The lowest BCUT2D eigenvalue weighted by Crippen LogP contribution is -2.26. The van der Waals surface area contributed by atoms with Gasteiger partial charge >= 0.3 is 5.97 Å². The summed E-state index contributed by atoms with van der Waals surface area (Å²) in [6, 6.07) is 10.4. The van der Waals surface area contributed by atoms with Crippen LogP contribution in [0.4, 0.5) is 5.69 Å². The third-order valence-corrected chi connectivity index (χ3v) is 8.62. The number of carbonyl (C=O) groups excluding carboxylic acids is 1. The highest BCUT2D eigenvalue weighted by Gasteiger charge is 2.22. The molecular formula is C21H33NO2Si. The average molecular weight is 360 g/mol. The maximum absolute atomic E-state index is 11.4. The van der Waals surface area contributed by atoms with E-state index in [1.165, 1.54) is 51.3 Å². The largest absolute Gasteiger partial charge is 0.465 e. The van der Waals surface area contributed by atoms with Crippen molar-refractivity contribution >= 4 is 19.7 Å². The number of ether oxygens (including phenoxy) is 1. The first-order valence-electron chi connectivity index (χ1n) is 9.57. The molecule has 0 aromatic heterocycles. The molecule has 1 N–H and O–H groups in total. The highest BCUT2D eigenvalue weighted by atomic mass is 28.3. The Morgan fingerprint density at radius 2 is 1.96 bits per heavy atom. The Morgan fingerprint density at radius 1 is 1.20 bits per heavy atom. The van der Waals surface area contributed by atoms with Gasteiger partial charge < -0.3 is 10.1 Å². The molecule has 0 fully saturated rings. The van der Waals surface area contributed by atoms with E-state index in [0.717, 1.165) is 18.2 Å². The SMILES string of the molecule is COC(=O)c1ccc(NCCC[Si](C)(C)CCC2CC=CCC2)cc1. The van der Waals surface area contributed by atoms with Gasteiger partial charge in [-0.25, -0.2) is 4.79 Å². The molecule has 0 saturated carbocycles. The predicted molar refractivity (Wildman–Crippen MR) is 109 cm³/mol. The van der Waals surface area contributed by atoms with Crippen LogP contribution in [0.25, 0.3) is 0 Å². The molecule has 25 heavy (non-hydrogen) atoms. The molecule has 0 bridgehead atoms. The third-order valence-electron chi connectivity index (χ3n) is 5.27. The van der Waals surface area contributed by atoms with Crippen LogP contribution in [-0.4, -0.2) is 27.7 Å². The van der Waals surface area contributed by atoms with Gasteiger partial charge in [0.15, 0.2) is 0 Å². The molecule has 1 unspecified atom stereocenters. The minimum atomic E-state index is -1.08. The fourth-order valence-corrected chi connectivity index (χ4v) is 6.05. The van der Waals surface area contributed by atoms with Crippen LogP contribution in [-0.2, 0) is 4.74 Å². The fraction of sp³-hybridized carbons (Fsp3) is 0.571. The average Bonchev–Trinajstić information content (AvgIpc) is 2.64. The number of benzene rings is 1. The summed E-state index contributed by atoms with van der Waals surface area (Å²) in [7, 11) is 0.328. The van der Waals surface area contributed by atoms with E-state index in [0.29, 0.717) is 5.56 Å². The number of anilines is 1. The Labute approximate surface area is 153 Å². The first-order valence-corrected chi connectivity index (χ1v) is 13.0. The molecular weight excluding hydrogens is 326 g/mol. The van der Waals surface area contributed by atoms with Gasteiger partial charge in [0.2, 0.25) is 0 Å². The molecule has 4 heteroatoms. The Hall–Kier alpha value is -1.55. The van der Waals surface area contributed by atoms with Gasteiger partial charge in [0.1, 0.15) is 0 Å². The molecule has 0 heterocycles. The Bertz CT molecular complexity index is 566. The van der Waals surface area contributed by atoms with E-state index in [2.05, 4.69) is 30.6 Å². The van der Waals surface area contributed by atoms with E-state index in [-0.39, 0.29) is 5.97 Å². The highest BCUT2D eigenvalue weighted by molar-refractivity contribution is 6.77. The van der Waals surface area contributed by atoms with Crippen molar-refractivity contribution in [1.29, 1.82) is 0 Å². The van der Waals surface area contributed by atoms with Crippen LogP contribution in [0.15, 0.2) is 36.4 Å². The number of methoxy groups -OCH3 is 1. The normalized spacial score (nSPS) is 17.3. The monoisotopic (exact) mass is 359 g/mol. The predicted octanol–water partition coefficient (Wildman–Crippen LogP) is 5.73. The smallest absolute Gasteiger partial charge is 0.337 e. The third kappa shape index (κ3) is 7.06. The zero-order chi connectivity index (χ0) is 18.1. The minimum Gasteiger partial charge on any atom is -0.465 e. The van der Waals surface area contributed by atoms with Crippen LogP contribution in [0.2, 0.25) is 25.2 Å². The van der Waals surface area contributed by atoms with Crippen molar-refractivity contribution in [2.24, 2.45) is 5.92 Å². The maximum Gasteiger partial charge on any atom is 0.337 e. The summed E-state index contributed by atoms with van der Waals surface area (Å²) in [4.78, 5) is 11.4. The second-order valence-corrected chi connectivity index (χ2v) is 13.3. The zero-order valence-corrected chi connectivity index (χ0v) is 17.0. The van der Waals surface area contributed by atoms with Crippen LogP contribution in [0.1, 0.15) is 42.5 Å². The van der Waals surface area contributed by atoms with Crippen molar-refractivity contribution < 1.29 is 9.53 Å². The number of nitrogens with one attached hydrogen (secondary N) is 1. The summed E-state index contributed by atoms with van der Waals surface area (Å²) < 4.78 is 4.72. The fourth-order valence-electron chi connectivity index (χ4n) is 3.48. The zero-order valence-electron chi connectivity index (χ0n) is 16.0. The number of esters is 1. The van der Waals surface area contributed by atoms with Crippen LogP contribution in [0.5, 0.6) is 0 Å². The molecule has 1 aromatic rings. The Morgan fingerprint density at radius 3 is 2.60 bits per heavy atom. The summed E-state index contributed by atoms with van der Waals surface area (Å²) in [5, 5.41) is 3.47. The molecule has 0 amide bonds. The molecule has 0 radical (unpaired) electrons. The van der Waals surface area contributed by atoms with Crippen molar-refractivity contribution in [3.8, 4) is 0 Å². The van der Waals surface area contributed by atoms with Crippen molar-refractivity contribution in [2.45, 2.75) is 57.3 Å². The number of allylic oxidation sites excluding steroid dienone is 2. The van der Waals surface area contributed by atoms with Crippen molar-refractivity contribution in [1.82, 2.24) is 0 Å². The quantitative estimate of drug-likeness (QED) is 0.265. The Balaban J connectivity index is 1.65. The van der Waals surface area contributed by atoms with E-state index in [9.17, 15) is 4.79 Å². The molecule has 1 aliphatic carbocycles. The highest BCUT2D eigenvalue weighted by Crippen LogP contribution is 2.28. The number of hydrogen-bond acceptors (Lipinski definition) is 3. The maximum atomic E-state index is 11.4. The molecule has 0 saturated heterocycles. The molecule has 138 valence electrons. The lowest BCUT2D eigenvalue weighted by Gasteiger charge is -2.26. The lowest BCUT2D eigenvalue weighted by atomic mass is 9.92. The van der Waals surface area contributed by atoms with Gasteiger partial charge in [-0.3, -0.25) is 0 Å². The topological polar surface area (TPSA) is 38.3 Å². The molecule has 0 aliphatic heterocycles. The summed E-state index contributed by atoms with van der Waals surface area (Å²) in [6.45, 7) is 6.08. The van der Waals surface area contributed by atoms with E-state index >= 15 is 0 Å². The van der Waals surface area contributed by atoms with Crippen molar-refractivity contribution in [2.75, 3.05) is 19.0 Å². The van der Waals surface area contributed by atoms with E-state index in [4.69, 9.17) is 4.74 Å². The first kappa shape index (κ1) is 19.8. The molecule has 1 aromatic carbocycles. The number of hydrogen-bond donors (Lipinski definition) is 1. The van der Waals surface area contributed by atoms with Gasteiger partial charge in [-0.05, 0) is 55.9 Å². The van der Waals surface area contributed by atoms with Gasteiger partial charge in [0.25, 0.3) is 0 Å². The van der Waals surface area contributed by atoms with Crippen LogP contribution < -0.4 is 5.32 Å². The summed E-state index contributed by atoms with van der Waals surface area (Å²) in [5.74, 6) is 0.649. The summed E-state index contributed by atoms with van der Waals surface area (Å²) >= 11 is 0. The minimum absolute atomic E-state index is 0.284. The molecule has 1 aliphatic rings. The Kier molecular flexibility index (Phi) is 7.75. The van der Waals surface area contributed by atoms with Gasteiger partial charge in [0.05, 0.1) is 12.7 Å². The molecule has 3 nitrogen and oxygen atoms in total. The summed E-state index contributed by atoms with van der Waals surface area (Å²) in [5.41, 5.74) is 1.67. The number of rotatable bonds is 9. The standard InChI is InChI=1S/C21H33NO2Si/c1-24-21(23)19-10-12-20(13-11-19)22-15-7-16-25(2,3)17-14-18-8-5-4-6-9-18/h4-5,10-13,18,22H,6-9,14-17H2,1-3H3. The van der Waals surface area contributed by atoms with Gasteiger partial charge in [0, 0.05) is 20.3 Å². The van der Waals surface area contributed by atoms with Crippen LogP contribution in [0.3, 0.4) is 0 Å². The molecule has 0 spiro atoms. The van der Waals surface area contributed by atoms with Crippen molar-refractivity contribution in [3.63, 3.8) is 0 Å². The van der Waals surface area contributed by atoms with Gasteiger partial charge in [-0.2, -0.15) is 0 Å². The van der Waals surface area contributed by atoms with Gasteiger partial charge in [-0.1, -0.05) is 43.8 Å². The van der Waals surface area contributed by atoms with Crippen LogP contribution in [0, 0.1) is 5.92 Å². The molecule has 1 atom stereocenters. The number of carbonyl (C=O) groups is 1. The van der Waals surface area contributed by atoms with Crippen LogP contribution >= 0.6 is 0 Å².